The summed E-state index contributed by atoms with van der Waals surface area (Å²) in [6.07, 6.45) is 1.62. The molecule has 8 nitrogen and oxygen atoms in total. The van der Waals surface area contributed by atoms with E-state index in [9.17, 15) is 9.59 Å². The van der Waals surface area contributed by atoms with Gasteiger partial charge in [0, 0.05) is 23.5 Å². The Kier molecular flexibility index (Phi) is 6.01. The van der Waals surface area contributed by atoms with Crippen LogP contribution in [0.4, 0.5) is 0 Å². The van der Waals surface area contributed by atoms with Crippen LogP contribution in [0.1, 0.15) is 40.1 Å². The summed E-state index contributed by atoms with van der Waals surface area (Å²) in [6, 6.07) is 11.1. The number of hydrogen-bond acceptors (Lipinski definition) is 6. The van der Waals surface area contributed by atoms with Gasteiger partial charge in [-0.25, -0.2) is 4.79 Å². The predicted molar refractivity (Wildman–Crippen MR) is 108 cm³/mol. The van der Waals surface area contributed by atoms with E-state index in [4.69, 9.17) is 4.74 Å². The highest BCUT2D eigenvalue weighted by atomic mass is 16.5. The summed E-state index contributed by atoms with van der Waals surface area (Å²) in [6.45, 7) is 7.94. The van der Waals surface area contributed by atoms with Crippen molar-refractivity contribution in [2.24, 2.45) is 0 Å². The molecular formula is C21H23N5O3. The molecule has 0 atom stereocenters. The minimum atomic E-state index is -0.679. The number of carbonyl (C=O) groups excluding carboxylic acids is 2. The lowest BCUT2D eigenvalue weighted by Crippen LogP contribution is -2.19. The molecule has 1 aromatic carbocycles. The second-order valence-electron chi connectivity index (χ2n) is 6.61. The predicted octanol–water partition coefficient (Wildman–Crippen LogP) is 2.84. The Labute approximate surface area is 168 Å². The number of nitrogens with zero attached hydrogens (tertiary/aromatic N) is 5. The van der Waals surface area contributed by atoms with E-state index in [0.29, 0.717) is 11.4 Å². The van der Waals surface area contributed by atoms with Gasteiger partial charge in [0.25, 0.3) is 0 Å². The van der Waals surface area contributed by atoms with Gasteiger partial charge in [-0.15, -0.1) is 5.10 Å². The molecule has 0 spiro atoms. The molecular weight excluding hydrogens is 370 g/mol. The zero-order valence-electron chi connectivity index (χ0n) is 16.9. The van der Waals surface area contributed by atoms with Gasteiger partial charge in [0.2, 0.25) is 5.78 Å². The SMILES string of the molecule is CCn1c(C)cc(C(=O)COC(=O)/C(=C/c2ccccc2)n2nnnc2C)c1C. The van der Waals surface area contributed by atoms with Crippen molar-refractivity contribution in [2.45, 2.75) is 34.2 Å². The molecule has 150 valence electrons. The average molecular weight is 393 g/mol. The van der Waals surface area contributed by atoms with Gasteiger partial charge in [-0.05, 0) is 55.8 Å². The number of hydrogen-bond donors (Lipinski definition) is 0. The van der Waals surface area contributed by atoms with Gasteiger partial charge >= 0.3 is 5.97 Å². The maximum absolute atomic E-state index is 12.8. The fourth-order valence-electron chi connectivity index (χ4n) is 3.22. The van der Waals surface area contributed by atoms with Crippen LogP contribution >= 0.6 is 0 Å². The molecule has 29 heavy (non-hydrogen) atoms. The average Bonchev–Trinajstić information content (AvgIpc) is 3.27. The van der Waals surface area contributed by atoms with Crippen molar-refractivity contribution >= 4 is 23.5 Å². The Morgan fingerprint density at radius 2 is 1.86 bits per heavy atom. The van der Waals surface area contributed by atoms with Crippen LogP contribution in [0.2, 0.25) is 0 Å². The minimum absolute atomic E-state index is 0.130. The van der Waals surface area contributed by atoms with Crippen molar-refractivity contribution in [3.8, 4) is 0 Å². The Bertz CT molecular complexity index is 1060. The van der Waals surface area contributed by atoms with E-state index in [0.717, 1.165) is 23.5 Å². The smallest absolute Gasteiger partial charge is 0.357 e. The molecule has 0 aliphatic carbocycles. The highest BCUT2D eigenvalue weighted by Gasteiger charge is 2.21. The van der Waals surface area contributed by atoms with E-state index < -0.39 is 5.97 Å². The fraction of sp³-hybridized carbons (Fsp3) is 0.286. The third-order valence-corrected chi connectivity index (χ3v) is 4.69. The zero-order valence-corrected chi connectivity index (χ0v) is 16.9. The number of aryl methyl sites for hydroxylation is 2. The maximum atomic E-state index is 12.8. The molecule has 0 saturated heterocycles. The van der Waals surface area contributed by atoms with Crippen LogP contribution in [0, 0.1) is 20.8 Å². The van der Waals surface area contributed by atoms with E-state index in [-0.39, 0.29) is 18.1 Å². The number of tetrazole rings is 1. The summed E-state index contributed by atoms with van der Waals surface area (Å²) in [7, 11) is 0. The van der Waals surface area contributed by atoms with Crippen molar-refractivity contribution in [3.05, 3.63) is 64.7 Å². The van der Waals surface area contributed by atoms with Crippen molar-refractivity contribution < 1.29 is 14.3 Å². The van der Waals surface area contributed by atoms with Gasteiger partial charge in [-0.3, -0.25) is 4.79 Å². The first-order chi connectivity index (χ1) is 13.9. The monoisotopic (exact) mass is 393 g/mol. The summed E-state index contributed by atoms with van der Waals surface area (Å²) < 4.78 is 8.66. The summed E-state index contributed by atoms with van der Waals surface area (Å²) >= 11 is 0. The Hall–Kier alpha value is -3.55. The molecule has 0 unspecified atom stereocenters. The van der Waals surface area contributed by atoms with Gasteiger partial charge < -0.3 is 9.30 Å². The summed E-state index contributed by atoms with van der Waals surface area (Å²) in [5.74, 6) is -0.498. The summed E-state index contributed by atoms with van der Waals surface area (Å²) in [4.78, 5) is 25.4. The maximum Gasteiger partial charge on any atom is 0.357 e. The lowest BCUT2D eigenvalue weighted by atomic mass is 10.1. The second-order valence-corrected chi connectivity index (χ2v) is 6.61. The van der Waals surface area contributed by atoms with Crippen molar-refractivity contribution in [1.82, 2.24) is 24.8 Å². The quantitative estimate of drug-likeness (QED) is 0.348. The molecule has 0 bridgehead atoms. The Morgan fingerprint density at radius 1 is 1.14 bits per heavy atom. The molecule has 0 saturated carbocycles. The second kappa shape index (κ2) is 8.64. The molecule has 2 heterocycles. The van der Waals surface area contributed by atoms with Crippen LogP contribution in [0.15, 0.2) is 36.4 Å². The number of esters is 1. The van der Waals surface area contributed by atoms with E-state index >= 15 is 0 Å². The third-order valence-electron chi connectivity index (χ3n) is 4.69. The number of ether oxygens (including phenoxy) is 1. The standard InChI is InChI=1S/C21H23N5O3/c1-5-25-14(2)11-18(15(25)3)20(27)13-29-21(28)19(26-16(4)22-23-24-26)12-17-9-7-6-8-10-17/h6-12H,5,13H2,1-4H3/b19-12-. The van der Waals surface area contributed by atoms with Gasteiger partial charge in [0.1, 0.15) is 0 Å². The molecule has 0 N–H and O–H groups in total. The van der Waals surface area contributed by atoms with Crippen LogP contribution in [0.3, 0.4) is 0 Å². The van der Waals surface area contributed by atoms with Gasteiger partial charge in [0.15, 0.2) is 18.1 Å². The van der Waals surface area contributed by atoms with Crippen molar-refractivity contribution in [1.29, 1.82) is 0 Å². The van der Waals surface area contributed by atoms with Crippen LogP contribution < -0.4 is 0 Å². The van der Waals surface area contributed by atoms with E-state index in [1.165, 1.54) is 4.68 Å². The lowest BCUT2D eigenvalue weighted by Gasteiger charge is -2.09. The number of aromatic nitrogens is 5. The molecule has 0 radical (unpaired) electrons. The highest BCUT2D eigenvalue weighted by Crippen LogP contribution is 2.17. The zero-order chi connectivity index (χ0) is 21.0. The molecule has 0 amide bonds. The lowest BCUT2D eigenvalue weighted by molar-refractivity contribution is -0.136. The molecule has 0 aliphatic heterocycles. The van der Waals surface area contributed by atoms with Crippen LogP contribution in [-0.2, 0) is 16.1 Å². The molecule has 8 heteroatoms. The first-order valence-electron chi connectivity index (χ1n) is 9.31. The first-order valence-corrected chi connectivity index (χ1v) is 9.31. The van der Waals surface area contributed by atoms with Crippen molar-refractivity contribution in [2.75, 3.05) is 6.61 Å². The van der Waals surface area contributed by atoms with Crippen molar-refractivity contribution in [3.63, 3.8) is 0 Å². The van der Waals surface area contributed by atoms with Crippen LogP contribution in [0.25, 0.3) is 11.8 Å². The molecule has 2 aromatic heterocycles. The Morgan fingerprint density at radius 3 is 2.45 bits per heavy atom. The van der Waals surface area contributed by atoms with Gasteiger partial charge in [0.05, 0.1) is 0 Å². The molecule has 3 rings (SSSR count). The van der Waals surface area contributed by atoms with E-state index in [1.54, 1.807) is 13.0 Å². The fourth-order valence-corrected chi connectivity index (χ4v) is 3.22. The number of rotatable bonds is 7. The Balaban J connectivity index is 1.82. The third kappa shape index (κ3) is 4.31. The van der Waals surface area contributed by atoms with Gasteiger partial charge in [-0.1, -0.05) is 30.3 Å². The highest BCUT2D eigenvalue weighted by molar-refractivity contribution is 6.16. The summed E-state index contributed by atoms with van der Waals surface area (Å²) in [5.41, 5.74) is 3.33. The normalized spacial score (nSPS) is 11.5. The number of benzene rings is 1. The number of carbonyl (C=O) groups is 2. The number of ketones is 1. The molecule has 0 aliphatic rings. The largest absolute Gasteiger partial charge is 0.453 e. The topological polar surface area (TPSA) is 91.9 Å². The number of Topliss-reactive ketones (excluding diaryl/α,β-unsaturated/α-hetero) is 1. The van der Waals surface area contributed by atoms with E-state index in [2.05, 4.69) is 15.5 Å². The summed E-state index contributed by atoms with van der Waals surface area (Å²) in [5, 5.41) is 11.3. The van der Waals surface area contributed by atoms with Crippen LogP contribution in [0.5, 0.6) is 0 Å². The minimum Gasteiger partial charge on any atom is -0.453 e. The first kappa shape index (κ1) is 20.2. The van der Waals surface area contributed by atoms with E-state index in [1.807, 2.05) is 61.7 Å². The molecule has 3 aromatic rings. The molecule has 0 fully saturated rings. The van der Waals surface area contributed by atoms with Crippen LogP contribution in [-0.4, -0.2) is 43.1 Å². The van der Waals surface area contributed by atoms with Gasteiger partial charge in [-0.2, -0.15) is 4.68 Å².